The van der Waals surface area contributed by atoms with Gasteiger partial charge in [0.2, 0.25) is 0 Å². The summed E-state index contributed by atoms with van der Waals surface area (Å²) < 4.78 is 0. The van der Waals surface area contributed by atoms with E-state index in [1.54, 1.807) is 0 Å². The number of aliphatic hydroxyl groups is 1. The van der Waals surface area contributed by atoms with Crippen LogP contribution in [0.25, 0.3) is 10.6 Å². The fourth-order valence-corrected chi connectivity index (χ4v) is 3.31. The van der Waals surface area contributed by atoms with Crippen molar-refractivity contribution in [3.8, 4) is 10.6 Å². The van der Waals surface area contributed by atoms with Crippen LogP contribution in [0.3, 0.4) is 0 Å². The maximum atomic E-state index is 12.0. The number of carbonyl (C=O) groups is 1. The largest absolute Gasteiger partial charge is 0.380 e. The van der Waals surface area contributed by atoms with Crippen molar-refractivity contribution in [2.75, 3.05) is 0 Å². The van der Waals surface area contributed by atoms with Gasteiger partial charge in [-0.15, -0.1) is 10.2 Å². The first-order valence-electron chi connectivity index (χ1n) is 7.06. The normalized spacial score (nSPS) is 16.8. The Balaban J connectivity index is 1.62. The molecule has 6 heteroatoms. The van der Waals surface area contributed by atoms with Gasteiger partial charge in [-0.2, -0.15) is 0 Å². The zero-order valence-corrected chi connectivity index (χ0v) is 12.4. The fourth-order valence-electron chi connectivity index (χ4n) is 2.53. The lowest BCUT2D eigenvalue weighted by atomic mass is 10.0. The minimum atomic E-state index is -1.19. The molecule has 3 rings (SSSR count). The number of nitrogens with one attached hydrogen (secondary N) is 1. The van der Waals surface area contributed by atoms with Gasteiger partial charge >= 0.3 is 0 Å². The van der Waals surface area contributed by atoms with E-state index >= 15 is 0 Å². The minimum Gasteiger partial charge on any atom is -0.380 e. The Labute approximate surface area is 127 Å². The van der Waals surface area contributed by atoms with Crippen LogP contribution in [0.2, 0.25) is 0 Å². The first-order valence-corrected chi connectivity index (χ1v) is 7.87. The Hall–Kier alpha value is -1.79. The first kappa shape index (κ1) is 14.2. The molecular formula is C15H17N3O2S. The van der Waals surface area contributed by atoms with Crippen molar-refractivity contribution in [1.82, 2.24) is 15.5 Å². The van der Waals surface area contributed by atoms with Crippen molar-refractivity contribution >= 4 is 17.2 Å². The average molecular weight is 303 g/mol. The minimum absolute atomic E-state index is 0.295. The highest BCUT2D eigenvalue weighted by Gasteiger charge is 2.38. The number of nitrogens with zero attached hydrogens (tertiary/aromatic N) is 2. The van der Waals surface area contributed by atoms with Gasteiger partial charge in [0.15, 0.2) is 0 Å². The second-order valence-corrected chi connectivity index (χ2v) is 6.35. The van der Waals surface area contributed by atoms with Gasteiger partial charge in [-0.25, -0.2) is 0 Å². The highest BCUT2D eigenvalue weighted by Crippen LogP contribution is 2.29. The van der Waals surface area contributed by atoms with Gasteiger partial charge in [0.25, 0.3) is 5.91 Å². The molecule has 2 aromatic rings. The second kappa shape index (κ2) is 5.91. The Bertz CT molecular complexity index is 621. The topological polar surface area (TPSA) is 75.1 Å². The van der Waals surface area contributed by atoms with Gasteiger partial charge in [0.1, 0.15) is 15.6 Å². The molecule has 1 heterocycles. The van der Waals surface area contributed by atoms with E-state index in [0.717, 1.165) is 28.4 Å². The van der Waals surface area contributed by atoms with E-state index in [0.29, 0.717) is 19.4 Å². The molecule has 0 spiro atoms. The molecule has 2 N–H and O–H groups in total. The van der Waals surface area contributed by atoms with E-state index in [-0.39, 0.29) is 5.91 Å². The number of hydrogen-bond acceptors (Lipinski definition) is 5. The third-order valence-corrected chi connectivity index (χ3v) is 4.71. The Kier molecular flexibility index (Phi) is 3.98. The lowest BCUT2D eigenvalue weighted by molar-refractivity contribution is -0.139. The van der Waals surface area contributed by atoms with Crippen LogP contribution in [0, 0.1) is 0 Å². The molecule has 5 nitrogen and oxygen atoms in total. The SMILES string of the molecule is O=C(NCc1nnc(-c2ccccc2)s1)C1(O)CCCC1. The van der Waals surface area contributed by atoms with E-state index in [2.05, 4.69) is 15.5 Å². The number of aromatic nitrogens is 2. The molecule has 1 aliphatic rings. The van der Waals surface area contributed by atoms with Crippen molar-refractivity contribution in [1.29, 1.82) is 0 Å². The predicted molar refractivity (Wildman–Crippen MR) is 80.6 cm³/mol. The second-order valence-electron chi connectivity index (χ2n) is 5.29. The van der Waals surface area contributed by atoms with Crippen LogP contribution in [0.15, 0.2) is 30.3 Å². The summed E-state index contributed by atoms with van der Waals surface area (Å²) in [6, 6.07) is 9.81. The quantitative estimate of drug-likeness (QED) is 0.907. The standard InChI is InChI=1S/C15H17N3O2S/c19-14(15(20)8-4-5-9-15)16-10-12-17-18-13(21-12)11-6-2-1-3-7-11/h1-3,6-7,20H,4-5,8-10H2,(H,16,19). The van der Waals surface area contributed by atoms with Gasteiger partial charge in [-0.3, -0.25) is 4.79 Å². The average Bonchev–Trinajstić information content (AvgIpc) is 3.15. The third kappa shape index (κ3) is 3.11. The van der Waals surface area contributed by atoms with Gasteiger partial charge < -0.3 is 10.4 Å². The smallest absolute Gasteiger partial charge is 0.252 e. The van der Waals surface area contributed by atoms with E-state index < -0.39 is 5.60 Å². The zero-order chi connectivity index (χ0) is 14.7. The molecule has 110 valence electrons. The zero-order valence-electron chi connectivity index (χ0n) is 11.6. The highest BCUT2D eigenvalue weighted by atomic mass is 32.1. The number of amides is 1. The third-order valence-electron chi connectivity index (χ3n) is 3.74. The van der Waals surface area contributed by atoms with Crippen LogP contribution in [0.4, 0.5) is 0 Å². The van der Waals surface area contributed by atoms with Crippen molar-refractivity contribution < 1.29 is 9.90 Å². The van der Waals surface area contributed by atoms with Crippen LogP contribution < -0.4 is 5.32 Å². The molecule has 21 heavy (non-hydrogen) atoms. The summed E-state index contributed by atoms with van der Waals surface area (Å²) in [7, 11) is 0. The molecule has 1 aliphatic carbocycles. The van der Waals surface area contributed by atoms with Crippen molar-refractivity contribution in [3.63, 3.8) is 0 Å². The molecule has 1 amide bonds. The molecule has 1 fully saturated rings. The van der Waals surface area contributed by atoms with Crippen LogP contribution in [-0.2, 0) is 11.3 Å². The lowest BCUT2D eigenvalue weighted by Crippen LogP contribution is -2.44. The van der Waals surface area contributed by atoms with Gasteiger partial charge in [-0.05, 0) is 25.7 Å². The predicted octanol–water partition coefficient (Wildman–Crippen LogP) is 2.13. The van der Waals surface area contributed by atoms with Gasteiger partial charge in [0, 0.05) is 5.56 Å². The van der Waals surface area contributed by atoms with Crippen LogP contribution in [0.1, 0.15) is 30.7 Å². The van der Waals surface area contributed by atoms with Gasteiger partial charge in [0.05, 0.1) is 6.54 Å². The van der Waals surface area contributed by atoms with Crippen molar-refractivity contribution in [2.24, 2.45) is 0 Å². The lowest BCUT2D eigenvalue weighted by Gasteiger charge is -2.20. The van der Waals surface area contributed by atoms with E-state index in [4.69, 9.17) is 0 Å². The number of hydrogen-bond donors (Lipinski definition) is 2. The van der Waals surface area contributed by atoms with Crippen LogP contribution in [0.5, 0.6) is 0 Å². The van der Waals surface area contributed by atoms with Crippen molar-refractivity contribution in [2.45, 2.75) is 37.8 Å². The summed E-state index contributed by atoms with van der Waals surface area (Å²) in [6.07, 6.45) is 2.90. The molecular weight excluding hydrogens is 286 g/mol. The fraction of sp³-hybridized carbons (Fsp3) is 0.400. The molecule has 0 unspecified atom stereocenters. The molecule has 0 radical (unpaired) electrons. The summed E-state index contributed by atoms with van der Waals surface area (Å²) in [5, 5.41) is 22.7. The van der Waals surface area contributed by atoms with E-state index in [1.165, 1.54) is 11.3 Å². The number of rotatable bonds is 4. The highest BCUT2D eigenvalue weighted by molar-refractivity contribution is 7.14. The maximum absolute atomic E-state index is 12.0. The van der Waals surface area contributed by atoms with E-state index in [9.17, 15) is 9.90 Å². The molecule has 0 atom stereocenters. The van der Waals surface area contributed by atoms with E-state index in [1.807, 2.05) is 30.3 Å². The number of benzene rings is 1. The summed E-state index contributed by atoms with van der Waals surface area (Å²) in [6.45, 7) is 0.311. The molecule has 1 saturated carbocycles. The number of carbonyl (C=O) groups excluding carboxylic acids is 1. The molecule has 0 aliphatic heterocycles. The summed E-state index contributed by atoms with van der Waals surface area (Å²) in [5.41, 5.74) is -0.172. The summed E-state index contributed by atoms with van der Waals surface area (Å²) in [4.78, 5) is 12.0. The molecule has 0 saturated heterocycles. The van der Waals surface area contributed by atoms with Gasteiger partial charge in [-0.1, -0.05) is 41.7 Å². The van der Waals surface area contributed by atoms with Crippen LogP contribution >= 0.6 is 11.3 Å². The van der Waals surface area contributed by atoms with Crippen molar-refractivity contribution in [3.05, 3.63) is 35.3 Å². The summed E-state index contributed by atoms with van der Waals surface area (Å²) in [5.74, 6) is -0.295. The van der Waals surface area contributed by atoms with Crippen LogP contribution in [-0.4, -0.2) is 26.8 Å². The molecule has 1 aromatic carbocycles. The first-order chi connectivity index (χ1) is 10.2. The summed E-state index contributed by atoms with van der Waals surface area (Å²) >= 11 is 1.45. The maximum Gasteiger partial charge on any atom is 0.252 e. The Morgan fingerprint density at radius 1 is 1.24 bits per heavy atom. The Morgan fingerprint density at radius 2 is 1.95 bits per heavy atom. The molecule has 0 bridgehead atoms. The molecule has 1 aromatic heterocycles. The monoisotopic (exact) mass is 303 g/mol. The Morgan fingerprint density at radius 3 is 2.67 bits per heavy atom.